The first-order valence-electron chi connectivity index (χ1n) is 5.65. The number of hydrogen-bond acceptors (Lipinski definition) is 4. The van der Waals surface area contributed by atoms with Crippen molar-refractivity contribution in [1.82, 2.24) is 4.98 Å². The highest BCUT2D eigenvalue weighted by atomic mass is 16.5. The zero-order chi connectivity index (χ0) is 11.2. The summed E-state index contributed by atoms with van der Waals surface area (Å²) in [6.07, 6.45) is 3.77. The normalized spacial score (nSPS) is 17.3. The van der Waals surface area contributed by atoms with Crippen LogP contribution in [0, 0.1) is 5.92 Å². The van der Waals surface area contributed by atoms with Gasteiger partial charge in [0.25, 0.3) is 0 Å². The van der Waals surface area contributed by atoms with Crippen molar-refractivity contribution in [1.29, 1.82) is 0 Å². The second kappa shape index (κ2) is 5.82. The molecule has 0 spiro atoms. The van der Waals surface area contributed by atoms with E-state index in [0.29, 0.717) is 18.4 Å². The zero-order valence-electron chi connectivity index (χ0n) is 9.26. The molecule has 0 saturated carbocycles. The molecular formula is C12H17NO3. The predicted molar refractivity (Wildman–Crippen MR) is 59.2 cm³/mol. The Labute approximate surface area is 95.2 Å². The molecule has 0 atom stereocenters. The fourth-order valence-corrected chi connectivity index (χ4v) is 1.74. The van der Waals surface area contributed by atoms with Crippen molar-refractivity contribution < 1.29 is 14.6 Å². The number of aliphatic hydroxyl groups is 1. The fourth-order valence-electron chi connectivity index (χ4n) is 1.74. The van der Waals surface area contributed by atoms with Gasteiger partial charge in [-0.25, -0.2) is 4.98 Å². The molecule has 0 aromatic carbocycles. The third kappa shape index (κ3) is 3.18. The minimum Gasteiger partial charge on any atom is -0.477 e. The summed E-state index contributed by atoms with van der Waals surface area (Å²) in [4.78, 5) is 4.11. The molecule has 0 amide bonds. The zero-order valence-corrected chi connectivity index (χ0v) is 9.26. The monoisotopic (exact) mass is 223 g/mol. The summed E-state index contributed by atoms with van der Waals surface area (Å²) in [6, 6.07) is 3.56. The van der Waals surface area contributed by atoms with E-state index in [1.807, 2.05) is 0 Å². The van der Waals surface area contributed by atoms with Gasteiger partial charge in [-0.1, -0.05) is 0 Å². The van der Waals surface area contributed by atoms with Crippen LogP contribution in [0.15, 0.2) is 18.3 Å². The first kappa shape index (κ1) is 11.4. The van der Waals surface area contributed by atoms with E-state index >= 15 is 0 Å². The maximum absolute atomic E-state index is 8.98. The Morgan fingerprint density at radius 3 is 3.00 bits per heavy atom. The van der Waals surface area contributed by atoms with Crippen LogP contribution in [-0.2, 0) is 11.3 Å². The lowest BCUT2D eigenvalue weighted by molar-refractivity contribution is 0.0490. The molecule has 0 bridgehead atoms. The summed E-state index contributed by atoms with van der Waals surface area (Å²) in [6.45, 7) is 2.37. The topological polar surface area (TPSA) is 51.6 Å². The van der Waals surface area contributed by atoms with Crippen LogP contribution in [0.1, 0.15) is 18.4 Å². The summed E-state index contributed by atoms with van der Waals surface area (Å²) < 4.78 is 10.9. The Bertz CT molecular complexity index is 324. The Balaban J connectivity index is 1.83. The van der Waals surface area contributed by atoms with Gasteiger partial charge in [-0.15, -0.1) is 0 Å². The molecule has 0 unspecified atom stereocenters. The Morgan fingerprint density at radius 1 is 1.44 bits per heavy atom. The van der Waals surface area contributed by atoms with Gasteiger partial charge in [0.2, 0.25) is 5.88 Å². The first-order valence-corrected chi connectivity index (χ1v) is 5.65. The number of pyridine rings is 1. The SMILES string of the molecule is OCc1ccnc(OCC2CCOCC2)c1. The largest absolute Gasteiger partial charge is 0.477 e. The molecule has 1 N–H and O–H groups in total. The highest BCUT2D eigenvalue weighted by molar-refractivity contribution is 5.19. The Hall–Kier alpha value is -1.13. The van der Waals surface area contributed by atoms with Gasteiger partial charge in [-0.3, -0.25) is 0 Å². The summed E-state index contributed by atoms with van der Waals surface area (Å²) in [5.41, 5.74) is 0.831. The van der Waals surface area contributed by atoms with Gasteiger partial charge in [-0.2, -0.15) is 0 Å². The van der Waals surface area contributed by atoms with Crippen molar-refractivity contribution in [3.8, 4) is 5.88 Å². The van der Waals surface area contributed by atoms with Gasteiger partial charge in [0.1, 0.15) is 0 Å². The van der Waals surface area contributed by atoms with Gasteiger partial charge >= 0.3 is 0 Å². The summed E-state index contributed by atoms with van der Waals surface area (Å²) in [5.74, 6) is 1.16. The second-order valence-electron chi connectivity index (χ2n) is 4.03. The smallest absolute Gasteiger partial charge is 0.213 e. The Morgan fingerprint density at radius 2 is 2.25 bits per heavy atom. The molecule has 2 rings (SSSR count). The van der Waals surface area contributed by atoms with Gasteiger partial charge in [0.05, 0.1) is 13.2 Å². The van der Waals surface area contributed by atoms with E-state index in [2.05, 4.69) is 4.98 Å². The van der Waals surface area contributed by atoms with E-state index in [4.69, 9.17) is 14.6 Å². The van der Waals surface area contributed by atoms with Crippen LogP contribution in [0.5, 0.6) is 5.88 Å². The van der Waals surface area contributed by atoms with E-state index in [1.165, 1.54) is 0 Å². The van der Waals surface area contributed by atoms with E-state index < -0.39 is 0 Å². The van der Waals surface area contributed by atoms with Crippen molar-refractivity contribution in [2.45, 2.75) is 19.4 Å². The second-order valence-corrected chi connectivity index (χ2v) is 4.03. The number of rotatable bonds is 4. The number of nitrogens with zero attached hydrogens (tertiary/aromatic N) is 1. The van der Waals surface area contributed by atoms with Crippen LogP contribution in [0.25, 0.3) is 0 Å². The van der Waals surface area contributed by atoms with E-state index in [1.54, 1.807) is 18.3 Å². The lowest BCUT2D eigenvalue weighted by Crippen LogP contribution is -2.21. The maximum Gasteiger partial charge on any atom is 0.213 e. The fraction of sp³-hybridized carbons (Fsp3) is 0.583. The molecule has 1 fully saturated rings. The van der Waals surface area contributed by atoms with Crippen molar-refractivity contribution in [3.63, 3.8) is 0 Å². The Kier molecular flexibility index (Phi) is 4.13. The van der Waals surface area contributed by atoms with E-state index in [0.717, 1.165) is 31.6 Å². The summed E-state index contributed by atoms with van der Waals surface area (Å²) in [7, 11) is 0. The van der Waals surface area contributed by atoms with Crippen molar-refractivity contribution in [2.75, 3.05) is 19.8 Å². The molecule has 1 saturated heterocycles. The molecule has 0 aliphatic carbocycles. The van der Waals surface area contributed by atoms with Crippen LogP contribution in [0.3, 0.4) is 0 Å². The molecule has 88 valence electrons. The van der Waals surface area contributed by atoms with Gasteiger partial charge in [-0.05, 0) is 30.4 Å². The minimum atomic E-state index is 0.0240. The molecule has 0 radical (unpaired) electrons. The van der Waals surface area contributed by atoms with Crippen LogP contribution < -0.4 is 4.74 Å². The van der Waals surface area contributed by atoms with E-state index in [9.17, 15) is 0 Å². The van der Waals surface area contributed by atoms with E-state index in [-0.39, 0.29) is 6.61 Å². The number of hydrogen-bond donors (Lipinski definition) is 1. The average Bonchev–Trinajstić information content (AvgIpc) is 2.38. The summed E-state index contributed by atoms with van der Waals surface area (Å²) in [5, 5.41) is 8.98. The molecular weight excluding hydrogens is 206 g/mol. The lowest BCUT2D eigenvalue weighted by Gasteiger charge is -2.21. The highest BCUT2D eigenvalue weighted by Gasteiger charge is 2.14. The van der Waals surface area contributed by atoms with Crippen molar-refractivity contribution in [3.05, 3.63) is 23.9 Å². The molecule has 1 aromatic heterocycles. The molecule has 1 aliphatic rings. The number of ether oxygens (including phenoxy) is 2. The average molecular weight is 223 g/mol. The molecule has 2 heterocycles. The van der Waals surface area contributed by atoms with Gasteiger partial charge < -0.3 is 14.6 Å². The third-order valence-corrected chi connectivity index (χ3v) is 2.79. The minimum absolute atomic E-state index is 0.0240. The van der Waals surface area contributed by atoms with Crippen LogP contribution in [-0.4, -0.2) is 29.9 Å². The van der Waals surface area contributed by atoms with Crippen LogP contribution in [0.2, 0.25) is 0 Å². The van der Waals surface area contributed by atoms with Crippen LogP contribution in [0.4, 0.5) is 0 Å². The predicted octanol–water partition coefficient (Wildman–Crippen LogP) is 1.38. The van der Waals surface area contributed by atoms with Gasteiger partial charge in [0.15, 0.2) is 0 Å². The molecule has 1 aliphatic heterocycles. The van der Waals surface area contributed by atoms with Crippen LogP contribution >= 0.6 is 0 Å². The highest BCUT2D eigenvalue weighted by Crippen LogP contribution is 2.17. The summed E-state index contributed by atoms with van der Waals surface area (Å²) >= 11 is 0. The molecule has 16 heavy (non-hydrogen) atoms. The number of aromatic nitrogens is 1. The molecule has 1 aromatic rings. The quantitative estimate of drug-likeness (QED) is 0.837. The lowest BCUT2D eigenvalue weighted by atomic mass is 10.0. The number of aliphatic hydroxyl groups excluding tert-OH is 1. The van der Waals surface area contributed by atoms with Gasteiger partial charge in [0, 0.05) is 25.5 Å². The maximum atomic E-state index is 8.98. The molecule has 4 nitrogen and oxygen atoms in total. The molecule has 4 heteroatoms. The standard InChI is InChI=1S/C12H17NO3/c14-8-11-1-4-13-12(7-11)16-9-10-2-5-15-6-3-10/h1,4,7,10,14H,2-3,5-6,8-9H2. The first-order chi connectivity index (χ1) is 7.88. The third-order valence-electron chi connectivity index (χ3n) is 2.79. The van der Waals surface area contributed by atoms with Crippen molar-refractivity contribution in [2.24, 2.45) is 5.92 Å². The van der Waals surface area contributed by atoms with Crippen molar-refractivity contribution >= 4 is 0 Å².